The van der Waals surface area contributed by atoms with E-state index in [9.17, 15) is 20.1 Å². The van der Waals surface area contributed by atoms with Gasteiger partial charge in [0.05, 0.1) is 12.2 Å². The second kappa shape index (κ2) is 3.79. The molecular weight excluding hydrogens is 192 g/mol. The first-order valence-corrected chi connectivity index (χ1v) is 4.18. The van der Waals surface area contributed by atoms with Gasteiger partial charge in [-0.15, -0.1) is 0 Å². The fraction of sp³-hybridized carbons (Fsp3) is 0.857. The van der Waals surface area contributed by atoms with Crippen molar-refractivity contribution in [1.29, 1.82) is 0 Å². The van der Waals surface area contributed by atoms with Gasteiger partial charge in [0, 0.05) is 12.8 Å². The number of nitrogens with one attached hydrogen (secondary N) is 1. The lowest BCUT2D eigenvalue weighted by Crippen LogP contribution is -2.59. The Labute approximate surface area is 80.1 Å². The Morgan fingerprint density at radius 1 is 1.29 bits per heavy atom. The maximum absolute atomic E-state index is 11.1. The van der Waals surface area contributed by atoms with Crippen molar-refractivity contribution >= 4 is 5.91 Å². The molecule has 7 nitrogen and oxygen atoms in total. The number of hydrazine groups is 1. The van der Waals surface area contributed by atoms with Crippen molar-refractivity contribution in [1.82, 2.24) is 5.43 Å². The smallest absolute Gasteiger partial charge is 0.266 e. The van der Waals surface area contributed by atoms with E-state index in [4.69, 9.17) is 10.9 Å². The summed E-state index contributed by atoms with van der Waals surface area (Å²) in [5, 5.41) is 37.3. The van der Waals surface area contributed by atoms with Crippen LogP contribution in [0.5, 0.6) is 0 Å². The van der Waals surface area contributed by atoms with Crippen LogP contribution in [0.25, 0.3) is 0 Å². The maximum atomic E-state index is 11.1. The summed E-state index contributed by atoms with van der Waals surface area (Å²) in [5.74, 6) is 3.94. The summed E-state index contributed by atoms with van der Waals surface area (Å²) < 4.78 is 0. The van der Waals surface area contributed by atoms with E-state index in [1.807, 2.05) is 0 Å². The molecule has 0 spiro atoms. The highest BCUT2D eigenvalue weighted by Crippen LogP contribution is 2.29. The van der Waals surface area contributed by atoms with Gasteiger partial charge < -0.3 is 20.4 Å². The molecule has 0 aromatic heterocycles. The molecule has 0 unspecified atom stereocenters. The van der Waals surface area contributed by atoms with E-state index in [0.29, 0.717) is 0 Å². The molecule has 0 aliphatic heterocycles. The van der Waals surface area contributed by atoms with Crippen LogP contribution in [0.15, 0.2) is 0 Å². The molecular formula is C7H14N2O5. The molecule has 14 heavy (non-hydrogen) atoms. The number of hydrogen-bond donors (Lipinski definition) is 6. The van der Waals surface area contributed by atoms with E-state index in [1.54, 1.807) is 5.43 Å². The lowest BCUT2D eigenvalue weighted by molar-refractivity contribution is -0.172. The number of rotatable bonds is 1. The van der Waals surface area contributed by atoms with E-state index in [1.165, 1.54) is 0 Å². The number of hydrogen-bond acceptors (Lipinski definition) is 6. The van der Waals surface area contributed by atoms with Gasteiger partial charge in [0.1, 0.15) is 11.7 Å². The van der Waals surface area contributed by atoms with Crippen molar-refractivity contribution in [2.45, 2.75) is 36.8 Å². The Balaban J connectivity index is 2.78. The number of amides is 1. The average molecular weight is 206 g/mol. The molecule has 1 fully saturated rings. The summed E-state index contributed by atoms with van der Waals surface area (Å²) >= 11 is 0. The Morgan fingerprint density at radius 2 is 1.71 bits per heavy atom. The first kappa shape index (κ1) is 11.3. The molecule has 1 saturated carbocycles. The van der Waals surface area contributed by atoms with E-state index in [0.717, 1.165) is 0 Å². The topological polar surface area (TPSA) is 136 Å². The highest BCUT2D eigenvalue weighted by atomic mass is 16.4. The van der Waals surface area contributed by atoms with Gasteiger partial charge >= 0.3 is 0 Å². The van der Waals surface area contributed by atoms with Crippen LogP contribution in [0.2, 0.25) is 0 Å². The van der Waals surface area contributed by atoms with Crippen molar-refractivity contribution < 1.29 is 25.2 Å². The fourth-order valence-corrected chi connectivity index (χ4v) is 1.59. The zero-order valence-corrected chi connectivity index (χ0v) is 7.42. The third-order valence-corrected chi connectivity index (χ3v) is 2.44. The summed E-state index contributed by atoms with van der Waals surface area (Å²) in [4.78, 5) is 11.1. The largest absolute Gasteiger partial charge is 0.390 e. The number of aliphatic hydroxyl groups is 4. The van der Waals surface area contributed by atoms with Gasteiger partial charge in [-0.25, -0.2) is 5.84 Å². The molecule has 2 atom stereocenters. The second-order valence-corrected chi connectivity index (χ2v) is 3.54. The predicted molar refractivity (Wildman–Crippen MR) is 44.5 cm³/mol. The van der Waals surface area contributed by atoms with Crippen molar-refractivity contribution in [3.63, 3.8) is 0 Å². The van der Waals surface area contributed by atoms with Crippen molar-refractivity contribution in [2.24, 2.45) is 5.84 Å². The summed E-state index contributed by atoms with van der Waals surface area (Å²) in [6.45, 7) is 0. The van der Waals surface area contributed by atoms with Crippen LogP contribution >= 0.6 is 0 Å². The van der Waals surface area contributed by atoms with Crippen molar-refractivity contribution in [2.75, 3.05) is 0 Å². The second-order valence-electron chi connectivity index (χ2n) is 3.54. The van der Waals surface area contributed by atoms with Crippen LogP contribution in [-0.2, 0) is 4.79 Å². The summed E-state index contributed by atoms with van der Waals surface area (Å²) in [5.41, 5.74) is -0.185. The molecule has 7 N–H and O–H groups in total. The summed E-state index contributed by atoms with van der Waals surface area (Å²) in [6.07, 6.45) is -4.74. The zero-order chi connectivity index (χ0) is 10.9. The molecule has 1 aliphatic carbocycles. The highest BCUT2D eigenvalue weighted by Gasteiger charge is 2.47. The molecule has 0 saturated heterocycles. The Kier molecular flexibility index (Phi) is 3.07. The third-order valence-electron chi connectivity index (χ3n) is 2.44. The molecule has 0 heterocycles. The number of aliphatic hydroxyl groups excluding tert-OH is 3. The molecule has 1 aliphatic rings. The molecule has 0 bridgehead atoms. The SMILES string of the molecule is NNC(=O)C1(O)C[C@@H](O)C(O)[C@H](O)C1. The fourth-order valence-electron chi connectivity index (χ4n) is 1.59. The Bertz CT molecular complexity index is 222. The minimum atomic E-state index is -1.92. The van der Waals surface area contributed by atoms with Crippen LogP contribution in [0, 0.1) is 0 Å². The molecule has 7 heteroatoms. The zero-order valence-electron chi connectivity index (χ0n) is 7.42. The summed E-state index contributed by atoms with van der Waals surface area (Å²) in [6, 6.07) is 0. The van der Waals surface area contributed by atoms with Crippen LogP contribution < -0.4 is 11.3 Å². The van der Waals surface area contributed by atoms with Crippen LogP contribution in [-0.4, -0.2) is 50.2 Å². The molecule has 1 rings (SSSR count). The summed E-state index contributed by atoms with van der Waals surface area (Å²) in [7, 11) is 0. The molecule has 0 radical (unpaired) electrons. The Hall–Kier alpha value is -0.730. The monoisotopic (exact) mass is 206 g/mol. The number of carbonyl (C=O) groups is 1. The standard InChI is InChI=1S/C7H14N2O5/c8-9-6(13)7(14)1-3(10)5(12)4(11)2-7/h3-5,10-12,14H,1-2,8H2,(H,9,13)/t3-,4-,5?,7?/m1/s1. The lowest BCUT2D eigenvalue weighted by atomic mass is 9.79. The van der Waals surface area contributed by atoms with Crippen LogP contribution in [0.3, 0.4) is 0 Å². The van der Waals surface area contributed by atoms with E-state index in [2.05, 4.69) is 0 Å². The lowest BCUT2D eigenvalue weighted by Gasteiger charge is -2.38. The first-order chi connectivity index (χ1) is 6.40. The minimum absolute atomic E-state index is 0.353. The average Bonchev–Trinajstić information content (AvgIpc) is 2.12. The Morgan fingerprint density at radius 3 is 2.07 bits per heavy atom. The highest BCUT2D eigenvalue weighted by molar-refractivity contribution is 5.84. The number of carbonyl (C=O) groups excluding carboxylic acids is 1. The van der Waals surface area contributed by atoms with E-state index >= 15 is 0 Å². The van der Waals surface area contributed by atoms with Crippen molar-refractivity contribution in [3.8, 4) is 0 Å². The van der Waals surface area contributed by atoms with Gasteiger partial charge in [-0.2, -0.15) is 0 Å². The number of nitrogens with two attached hydrogens (primary N) is 1. The third kappa shape index (κ3) is 1.86. The predicted octanol–water partition coefficient (Wildman–Crippen LogP) is -3.42. The quantitative estimate of drug-likeness (QED) is 0.150. The van der Waals surface area contributed by atoms with Gasteiger partial charge in [-0.3, -0.25) is 10.2 Å². The first-order valence-electron chi connectivity index (χ1n) is 4.18. The molecule has 0 aromatic rings. The van der Waals surface area contributed by atoms with Crippen LogP contribution in [0.1, 0.15) is 12.8 Å². The van der Waals surface area contributed by atoms with E-state index in [-0.39, 0.29) is 12.8 Å². The van der Waals surface area contributed by atoms with Gasteiger partial charge in [0.25, 0.3) is 5.91 Å². The molecule has 82 valence electrons. The van der Waals surface area contributed by atoms with Gasteiger partial charge in [-0.1, -0.05) is 0 Å². The molecule has 1 amide bonds. The van der Waals surface area contributed by atoms with Crippen LogP contribution in [0.4, 0.5) is 0 Å². The van der Waals surface area contributed by atoms with Gasteiger partial charge in [0.15, 0.2) is 0 Å². The normalized spacial score (nSPS) is 43.4. The van der Waals surface area contributed by atoms with Crippen molar-refractivity contribution in [3.05, 3.63) is 0 Å². The van der Waals surface area contributed by atoms with E-state index < -0.39 is 29.8 Å². The minimum Gasteiger partial charge on any atom is -0.390 e. The molecule has 0 aromatic carbocycles. The van der Waals surface area contributed by atoms with Gasteiger partial charge in [-0.05, 0) is 0 Å². The van der Waals surface area contributed by atoms with Gasteiger partial charge in [0.2, 0.25) is 0 Å². The maximum Gasteiger partial charge on any atom is 0.266 e.